The molecule has 0 fully saturated rings. The highest BCUT2D eigenvalue weighted by Gasteiger charge is 2.29. The van der Waals surface area contributed by atoms with Gasteiger partial charge in [-0.3, -0.25) is 0 Å². The van der Waals surface area contributed by atoms with Gasteiger partial charge in [0, 0.05) is 5.02 Å². The molecule has 1 aromatic heterocycles. The minimum Gasteiger partial charge on any atom is -0.348 e. The number of aryl methyl sites for hydroxylation is 2. The molecule has 4 nitrogen and oxygen atoms in total. The maximum Gasteiger partial charge on any atom is 0.222 e. The van der Waals surface area contributed by atoms with E-state index in [1.54, 1.807) is 6.33 Å². The zero-order chi connectivity index (χ0) is 16.7. The van der Waals surface area contributed by atoms with Gasteiger partial charge in [0.25, 0.3) is 0 Å². The lowest BCUT2D eigenvalue weighted by molar-refractivity contribution is 0.431. The average Bonchev–Trinajstić information content (AvgIpc) is 3.06. The van der Waals surface area contributed by atoms with Crippen LogP contribution in [0.25, 0.3) is 0 Å². The number of aromatic nitrogens is 3. The van der Waals surface area contributed by atoms with E-state index in [1.165, 1.54) is 22.3 Å². The minimum atomic E-state index is 0.146. The predicted molar refractivity (Wildman–Crippen MR) is 96.5 cm³/mol. The van der Waals surface area contributed by atoms with Gasteiger partial charge in [-0.2, -0.15) is 10.1 Å². The number of benzene rings is 2. The molecular formula is C19H19ClN4. The maximum absolute atomic E-state index is 6.04. The van der Waals surface area contributed by atoms with E-state index in [1.807, 2.05) is 16.8 Å². The summed E-state index contributed by atoms with van der Waals surface area (Å²) in [6.45, 7) is 4.29. The van der Waals surface area contributed by atoms with Crippen molar-refractivity contribution in [2.75, 3.05) is 5.32 Å². The molecule has 4 rings (SSSR count). The van der Waals surface area contributed by atoms with Crippen LogP contribution >= 0.6 is 11.6 Å². The molecule has 5 heteroatoms. The smallest absolute Gasteiger partial charge is 0.222 e. The highest BCUT2D eigenvalue weighted by Crippen LogP contribution is 2.37. The van der Waals surface area contributed by atoms with Gasteiger partial charge in [-0.1, -0.05) is 41.9 Å². The van der Waals surface area contributed by atoms with Crippen LogP contribution in [0.1, 0.15) is 40.8 Å². The van der Waals surface area contributed by atoms with Gasteiger partial charge >= 0.3 is 0 Å². The highest BCUT2D eigenvalue weighted by atomic mass is 35.5. The van der Waals surface area contributed by atoms with E-state index in [4.69, 9.17) is 11.6 Å². The molecule has 0 saturated heterocycles. The number of nitrogens with one attached hydrogen (secondary N) is 1. The van der Waals surface area contributed by atoms with Gasteiger partial charge in [-0.25, -0.2) is 4.68 Å². The number of rotatable bonds is 2. The molecule has 0 spiro atoms. The fourth-order valence-corrected chi connectivity index (χ4v) is 3.41. The molecule has 2 aromatic carbocycles. The van der Waals surface area contributed by atoms with Gasteiger partial charge in [-0.05, 0) is 54.7 Å². The first-order chi connectivity index (χ1) is 11.6. The number of fused-ring (bicyclic) bond motifs is 1. The Morgan fingerprint density at radius 1 is 1.04 bits per heavy atom. The Balaban J connectivity index is 1.72. The molecule has 1 aliphatic heterocycles. The summed E-state index contributed by atoms with van der Waals surface area (Å²) in [5.74, 6) is 0.810. The number of hydrogen-bond donors (Lipinski definition) is 1. The first-order valence-corrected chi connectivity index (χ1v) is 8.48. The third-order valence-corrected chi connectivity index (χ3v) is 5.07. The summed E-state index contributed by atoms with van der Waals surface area (Å²) in [5.41, 5.74) is 5.10. The predicted octanol–water partition coefficient (Wildman–Crippen LogP) is 4.69. The van der Waals surface area contributed by atoms with Crippen molar-refractivity contribution in [2.45, 2.75) is 32.4 Å². The van der Waals surface area contributed by atoms with Crippen molar-refractivity contribution in [3.05, 3.63) is 76.1 Å². The third-order valence-electron chi connectivity index (χ3n) is 4.82. The van der Waals surface area contributed by atoms with Crippen LogP contribution in [-0.4, -0.2) is 14.8 Å². The van der Waals surface area contributed by atoms with Gasteiger partial charge in [0.1, 0.15) is 6.33 Å². The van der Waals surface area contributed by atoms with Gasteiger partial charge in [0.15, 0.2) is 0 Å². The van der Waals surface area contributed by atoms with Crippen molar-refractivity contribution in [2.24, 2.45) is 0 Å². The number of nitrogens with zero attached hydrogens (tertiary/aromatic N) is 3. The van der Waals surface area contributed by atoms with Gasteiger partial charge in [0.2, 0.25) is 5.95 Å². The van der Waals surface area contributed by atoms with E-state index in [0.717, 1.165) is 17.4 Å². The summed E-state index contributed by atoms with van der Waals surface area (Å²) in [6.07, 6.45) is 2.52. The van der Waals surface area contributed by atoms with Crippen LogP contribution in [0, 0.1) is 13.8 Å². The fraction of sp³-hybridized carbons (Fsp3) is 0.263. The Morgan fingerprint density at radius 3 is 2.54 bits per heavy atom. The fourth-order valence-electron chi connectivity index (χ4n) is 3.28. The molecule has 0 unspecified atom stereocenters. The Labute approximate surface area is 146 Å². The molecule has 0 amide bonds. The van der Waals surface area contributed by atoms with Crippen molar-refractivity contribution in [1.29, 1.82) is 0 Å². The van der Waals surface area contributed by atoms with Crippen LogP contribution in [0.5, 0.6) is 0 Å². The molecule has 1 N–H and O–H groups in total. The average molecular weight is 339 g/mol. The van der Waals surface area contributed by atoms with E-state index in [0.29, 0.717) is 0 Å². The molecule has 1 aliphatic rings. The SMILES string of the molecule is Cc1ccc([C@H]2C[C@H](c3ccc(Cl)cc3)n3ncnc3N2)cc1C. The van der Waals surface area contributed by atoms with E-state index < -0.39 is 0 Å². The van der Waals surface area contributed by atoms with Crippen LogP contribution < -0.4 is 5.32 Å². The summed E-state index contributed by atoms with van der Waals surface area (Å²) in [6, 6.07) is 15.0. The number of halogens is 1. The summed E-state index contributed by atoms with van der Waals surface area (Å²) in [5, 5.41) is 8.67. The van der Waals surface area contributed by atoms with Crippen molar-refractivity contribution >= 4 is 17.5 Å². The van der Waals surface area contributed by atoms with Crippen LogP contribution in [0.2, 0.25) is 5.02 Å². The van der Waals surface area contributed by atoms with Crippen molar-refractivity contribution in [3.63, 3.8) is 0 Å². The molecule has 0 saturated carbocycles. The third kappa shape index (κ3) is 2.67. The Bertz CT molecular complexity index is 869. The van der Waals surface area contributed by atoms with Gasteiger partial charge in [-0.15, -0.1) is 0 Å². The quantitative estimate of drug-likeness (QED) is 0.736. The molecule has 0 aliphatic carbocycles. The number of anilines is 1. The van der Waals surface area contributed by atoms with Gasteiger partial charge in [0.05, 0.1) is 12.1 Å². The molecular weight excluding hydrogens is 320 g/mol. The molecule has 122 valence electrons. The minimum absolute atomic E-state index is 0.146. The van der Waals surface area contributed by atoms with E-state index in [2.05, 4.69) is 59.6 Å². The molecule has 24 heavy (non-hydrogen) atoms. The van der Waals surface area contributed by atoms with Crippen molar-refractivity contribution in [1.82, 2.24) is 14.8 Å². The zero-order valence-electron chi connectivity index (χ0n) is 13.7. The highest BCUT2D eigenvalue weighted by molar-refractivity contribution is 6.30. The molecule has 0 bridgehead atoms. The summed E-state index contributed by atoms with van der Waals surface area (Å²) >= 11 is 6.04. The van der Waals surface area contributed by atoms with Crippen LogP contribution in [0.4, 0.5) is 5.95 Å². The van der Waals surface area contributed by atoms with E-state index in [9.17, 15) is 0 Å². The van der Waals surface area contributed by atoms with Crippen molar-refractivity contribution < 1.29 is 0 Å². The molecule has 2 heterocycles. The maximum atomic E-state index is 6.04. The first-order valence-electron chi connectivity index (χ1n) is 8.10. The molecule has 0 radical (unpaired) electrons. The summed E-state index contributed by atoms with van der Waals surface area (Å²) in [7, 11) is 0. The van der Waals surface area contributed by atoms with E-state index in [-0.39, 0.29) is 12.1 Å². The summed E-state index contributed by atoms with van der Waals surface area (Å²) < 4.78 is 1.96. The Kier molecular flexibility index (Phi) is 3.77. The molecule has 3 aromatic rings. The van der Waals surface area contributed by atoms with Crippen molar-refractivity contribution in [3.8, 4) is 0 Å². The Hall–Kier alpha value is -2.33. The summed E-state index contributed by atoms with van der Waals surface area (Å²) in [4.78, 5) is 4.38. The second-order valence-corrected chi connectivity index (χ2v) is 6.81. The van der Waals surface area contributed by atoms with Gasteiger partial charge < -0.3 is 5.32 Å². The lowest BCUT2D eigenvalue weighted by atomic mass is 9.92. The van der Waals surface area contributed by atoms with E-state index >= 15 is 0 Å². The first kappa shape index (κ1) is 15.2. The number of hydrogen-bond acceptors (Lipinski definition) is 3. The van der Waals surface area contributed by atoms with Crippen LogP contribution in [-0.2, 0) is 0 Å². The Morgan fingerprint density at radius 2 is 1.79 bits per heavy atom. The topological polar surface area (TPSA) is 42.7 Å². The largest absolute Gasteiger partial charge is 0.348 e. The van der Waals surface area contributed by atoms with Crippen LogP contribution in [0.15, 0.2) is 48.8 Å². The normalized spacial score (nSPS) is 19.6. The standard InChI is InChI=1S/C19H19ClN4/c1-12-3-4-15(9-13(12)2)17-10-18(14-5-7-16(20)8-6-14)24-19(23-17)21-11-22-24/h3-9,11,17-18H,10H2,1-2H3,(H,21,22,23)/t17-,18-/m1/s1. The zero-order valence-corrected chi connectivity index (χ0v) is 14.5. The lowest BCUT2D eigenvalue weighted by Gasteiger charge is -2.32. The second kappa shape index (κ2) is 5.95. The monoisotopic (exact) mass is 338 g/mol. The molecule has 2 atom stereocenters. The lowest BCUT2D eigenvalue weighted by Crippen LogP contribution is -2.28. The second-order valence-electron chi connectivity index (χ2n) is 6.37. The van der Waals surface area contributed by atoms with Crippen LogP contribution in [0.3, 0.4) is 0 Å².